The Kier molecular flexibility index (Phi) is 6.80. The molecule has 1 aliphatic rings. The average Bonchev–Trinajstić information content (AvgIpc) is 2.95. The van der Waals surface area contributed by atoms with Crippen LogP contribution in [0, 0.1) is 3.57 Å². The largest absolute Gasteiger partial charge is 0.493 e. The lowest BCUT2D eigenvalue weighted by Gasteiger charge is -2.12. The fraction of sp³-hybridized carbons (Fsp3) is 0.150. The molecule has 1 saturated heterocycles. The number of methoxy groups -OCH3 is 1. The molecule has 0 spiro atoms. The second kappa shape index (κ2) is 9.31. The minimum atomic E-state index is -0.599. The predicted octanol–water partition coefficient (Wildman–Crippen LogP) is 3.40. The van der Waals surface area contributed by atoms with Crippen LogP contribution in [-0.4, -0.2) is 35.7 Å². The number of nitrogens with zero attached hydrogens (tertiary/aromatic N) is 1. The summed E-state index contributed by atoms with van der Waals surface area (Å²) in [5.41, 5.74) is 6.62. The smallest absolute Gasteiger partial charge is 0.293 e. The first-order chi connectivity index (χ1) is 13.9. The van der Waals surface area contributed by atoms with Gasteiger partial charge >= 0.3 is 0 Å². The second-order valence-corrected chi connectivity index (χ2v) is 8.30. The zero-order valence-electron chi connectivity index (χ0n) is 15.4. The lowest BCUT2D eigenvalue weighted by Crippen LogP contribution is -2.27. The van der Waals surface area contributed by atoms with Gasteiger partial charge in [-0.25, -0.2) is 0 Å². The molecule has 9 heteroatoms. The number of primary amides is 1. The lowest BCUT2D eigenvalue weighted by atomic mass is 10.1. The summed E-state index contributed by atoms with van der Waals surface area (Å²) in [6, 6.07) is 12.6. The van der Waals surface area contributed by atoms with E-state index in [1.54, 1.807) is 24.3 Å². The van der Waals surface area contributed by atoms with E-state index in [-0.39, 0.29) is 24.3 Å². The first-order valence-electron chi connectivity index (χ1n) is 8.46. The van der Waals surface area contributed by atoms with Crippen molar-refractivity contribution < 1.29 is 23.9 Å². The maximum atomic E-state index is 12.7. The zero-order valence-corrected chi connectivity index (χ0v) is 18.4. The number of ether oxygens (including phenoxy) is 2. The number of thioether (sulfide) groups is 1. The number of benzene rings is 2. The molecule has 0 aromatic heterocycles. The van der Waals surface area contributed by atoms with Gasteiger partial charge < -0.3 is 15.2 Å². The van der Waals surface area contributed by atoms with E-state index >= 15 is 0 Å². The Morgan fingerprint density at radius 2 is 1.90 bits per heavy atom. The Balaban J connectivity index is 1.78. The number of hydrogen-bond acceptors (Lipinski definition) is 6. The number of hydrogen-bond donors (Lipinski definition) is 1. The molecule has 3 amide bonds. The van der Waals surface area contributed by atoms with Gasteiger partial charge in [0.15, 0.2) is 18.1 Å². The van der Waals surface area contributed by atoms with Crippen LogP contribution in [0.25, 0.3) is 6.08 Å². The van der Waals surface area contributed by atoms with Crippen LogP contribution >= 0.6 is 34.4 Å². The molecule has 2 aromatic rings. The Hall–Kier alpha value is -2.53. The van der Waals surface area contributed by atoms with E-state index in [9.17, 15) is 14.4 Å². The summed E-state index contributed by atoms with van der Waals surface area (Å²) in [7, 11) is 1.46. The van der Waals surface area contributed by atoms with Crippen molar-refractivity contribution in [2.24, 2.45) is 5.73 Å². The van der Waals surface area contributed by atoms with Crippen LogP contribution in [0.3, 0.4) is 0 Å². The molecule has 0 bridgehead atoms. The molecule has 2 aromatic carbocycles. The average molecular weight is 524 g/mol. The summed E-state index contributed by atoms with van der Waals surface area (Å²) in [6.07, 6.45) is 1.62. The first-order valence-corrected chi connectivity index (χ1v) is 10.4. The van der Waals surface area contributed by atoms with E-state index in [0.29, 0.717) is 22.0 Å². The van der Waals surface area contributed by atoms with Crippen molar-refractivity contribution in [3.63, 3.8) is 0 Å². The van der Waals surface area contributed by atoms with Crippen LogP contribution in [-0.2, 0) is 16.1 Å². The van der Waals surface area contributed by atoms with Crippen molar-refractivity contribution in [1.82, 2.24) is 4.90 Å². The third-order valence-electron chi connectivity index (χ3n) is 3.98. The van der Waals surface area contributed by atoms with Crippen molar-refractivity contribution in [3.05, 3.63) is 62.1 Å². The molecule has 2 N–H and O–H groups in total. The van der Waals surface area contributed by atoms with Gasteiger partial charge in [-0.1, -0.05) is 18.2 Å². The molecular formula is C20H17IN2O5S. The van der Waals surface area contributed by atoms with E-state index < -0.39 is 5.91 Å². The van der Waals surface area contributed by atoms with E-state index in [4.69, 9.17) is 15.2 Å². The highest BCUT2D eigenvalue weighted by atomic mass is 127. The third kappa shape index (κ3) is 5.30. The van der Waals surface area contributed by atoms with Gasteiger partial charge in [-0.3, -0.25) is 19.3 Å². The third-order valence-corrected chi connectivity index (χ3v) is 5.61. The molecule has 1 aliphatic heterocycles. The monoisotopic (exact) mass is 524 g/mol. The van der Waals surface area contributed by atoms with Crippen LogP contribution < -0.4 is 15.2 Å². The van der Waals surface area contributed by atoms with Gasteiger partial charge in [-0.15, -0.1) is 0 Å². The van der Waals surface area contributed by atoms with Crippen molar-refractivity contribution >= 4 is 57.5 Å². The summed E-state index contributed by atoms with van der Waals surface area (Å²) < 4.78 is 11.6. The maximum absolute atomic E-state index is 12.7. The zero-order chi connectivity index (χ0) is 21.0. The van der Waals surface area contributed by atoms with Crippen LogP contribution in [0.2, 0.25) is 0 Å². The minimum Gasteiger partial charge on any atom is -0.493 e. The van der Waals surface area contributed by atoms with Crippen molar-refractivity contribution in [3.8, 4) is 11.5 Å². The van der Waals surface area contributed by atoms with Crippen molar-refractivity contribution in [1.29, 1.82) is 0 Å². The number of rotatable bonds is 7. The van der Waals surface area contributed by atoms with Gasteiger partial charge in [-0.2, -0.15) is 0 Å². The Bertz CT molecular complexity index is 991. The van der Waals surface area contributed by atoms with Crippen molar-refractivity contribution in [2.45, 2.75) is 6.54 Å². The van der Waals surface area contributed by atoms with Crippen LogP contribution in [0.1, 0.15) is 11.1 Å². The fourth-order valence-electron chi connectivity index (χ4n) is 2.60. The fourth-order valence-corrected chi connectivity index (χ4v) is 3.80. The number of carbonyl (C=O) groups is 3. The number of halogens is 1. The molecule has 7 nitrogen and oxygen atoms in total. The predicted molar refractivity (Wildman–Crippen MR) is 118 cm³/mol. The Morgan fingerprint density at radius 3 is 2.55 bits per heavy atom. The van der Waals surface area contributed by atoms with Crippen LogP contribution in [0.4, 0.5) is 4.79 Å². The maximum Gasteiger partial charge on any atom is 0.293 e. The van der Waals surface area contributed by atoms with Crippen molar-refractivity contribution in [2.75, 3.05) is 13.7 Å². The van der Waals surface area contributed by atoms with Gasteiger partial charge in [0, 0.05) is 3.57 Å². The summed E-state index contributed by atoms with van der Waals surface area (Å²) >= 11 is 3.09. The van der Waals surface area contributed by atoms with Crippen LogP contribution in [0.15, 0.2) is 47.4 Å². The Labute approximate surface area is 185 Å². The highest BCUT2D eigenvalue weighted by Gasteiger charge is 2.35. The van der Waals surface area contributed by atoms with Gasteiger partial charge in [0.25, 0.3) is 17.1 Å². The van der Waals surface area contributed by atoms with Gasteiger partial charge in [0.1, 0.15) is 0 Å². The molecule has 0 saturated carbocycles. The summed E-state index contributed by atoms with van der Waals surface area (Å²) in [6.45, 7) is -0.0464. The molecule has 0 aliphatic carbocycles. The molecule has 1 fully saturated rings. The molecule has 3 rings (SSSR count). The summed E-state index contributed by atoms with van der Waals surface area (Å²) in [5, 5.41) is -0.312. The molecule has 150 valence electrons. The van der Waals surface area contributed by atoms with Crippen LogP contribution in [0.5, 0.6) is 11.5 Å². The number of imide groups is 1. The summed E-state index contributed by atoms with van der Waals surface area (Å²) in [5.74, 6) is -0.196. The van der Waals surface area contributed by atoms with Gasteiger partial charge in [0.2, 0.25) is 0 Å². The molecule has 0 unspecified atom stereocenters. The molecule has 29 heavy (non-hydrogen) atoms. The second-order valence-electron chi connectivity index (χ2n) is 6.06. The summed E-state index contributed by atoms with van der Waals surface area (Å²) in [4.78, 5) is 37.5. The normalized spacial score (nSPS) is 15.1. The number of carbonyl (C=O) groups excluding carboxylic acids is 3. The number of nitrogens with two attached hydrogens (primary N) is 1. The molecular weight excluding hydrogens is 507 g/mol. The molecule has 0 atom stereocenters. The van der Waals surface area contributed by atoms with E-state index in [2.05, 4.69) is 22.6 Å². The van der Waals surface area contributed by atoms with E-state index in [1.807, 2.05) is 24.3 Å². The quantitative estimate of drug-likeness (QED) is 0.441. The highest BCUT2D eigenvalue weighted by molar-refractivity contribution is 14.1. The Morgan fingerprint density at radius 1 is 1.17 bits per heavy atom. The lowest BCUT2D eigenvalue weighted by molar-refractivity contribution is -0.123. The van der Waals surface area contributed by atoms with Gasteiger partial charge in [0.05, 0.1) is 18.6 Å². The molecule has 1 heterocycles. The van der Waals surface area contributed by atoms with E-state index in [1.165, 1.54) is 12.0 Å². The molecule has 0 radical (unpaired) electrons. The minimum absolute atomic E-state index is 0.224. The highest BCUT2D eigenvalue weighted by Crippen LogP contribution is 2.35. The van der Waals surface area contributed by atoms with E-state index in [0.717, 1.165) is 20.9 Å². The first kappa shape index (κ1) is 21.2. The SMILES string of the molecule is COc1cc(/C=C2\SC(=O)N(Cc3ccc(I)cc3)C2=O)ccc1OCC(N)=O. The standard InChI is InChI=1S/C20H17IN2O5S/c1-27-16-8-13(4-7-15(16)28-11-18(22)24)9-17-19(25)23(20(26)29-17)10-12-2-5-14(21)6-3-12/h2-9H,10-11H2,1H3,(H2,22,24)/b17-9-. The topological polar surface area (TPSA) is 98.9 Å². The number of amides is 3. The van der Waals surface area contributed by atoms with Gasteiger partial charge in [-0.05, 0) is 75.8 Å².